The molecule has 1 aliphatic carbocycles. The molecule has 2 rings (SSSR count). The normalized spacial score (nSPS) is 24.9. The maximum absolute atomic E-state index is 13.2. The number of nitrogens with one attached hydrogen (secondary N) is 1. The van der Waals surface area contributed by atoms with E-state index in [0.29, 0.717) is 6.04 Å². The average Bonchev–Trinajstić information content (AvgIpc) is 2.27. The molecule has 17 heavy (non-hydrogen) atoms. The molecule has 2 atom stereocenters. The lowest BCUT2D eigenvalue weighted by Crippen LogP contribution is -2.36. The van der Waals surface area contributed by atoms with Crippen LogP contribution in [0.4, 0.5) is 4.39 Å². The molecule has 2 unspecified atom stereocenters. The fourth-order valence-electron chi connectivity index (χ4n) is 2.58. The van der Waals surface area contributed by atoms with Crippen molar-refractivity contribution in [3.05, 3.63) is 34.1 Å². The van der Waals surface area contributed by atoms with E-state index >= 15 is 0 Å². The third-order valence-electron chi connectivity index (χ3n) is 3.60. The van der Waals surface area contributed by atoms with Crippen molar-refractivity contribution in [1.29, 1.82) is 0 Å². The van der Waals surface area contributed by atoms with E-state index in [0.717, 1.165) is 22.5 Å². The zero-order chi connectivity index (χ0) is 12.3. The molecular weight excluding hydrogens is 281 g/mol. The first kappa shape index (κ1) is 13.0. The first-order chi connectivity index (χ1) is 8.15. The Balaban J connectivity index is 1.92. The minimum atomic E-state index is -0.173. The Hall–Kier alpha value is -0.410. The quantitative estimate of drug-likeness (QED) is 0.879. The monoisotopic (exact) mass is 299 g/mol. The Morgan fingerprint density at radius 1 is 1.29 bits per heavy atom. The second-order valence-electron chi connectivity index (χ2n) is 5.03. The van der Waals surface area contributed by atoms with Crippen LogP contribution in [0.3, 0.4) is 0 Å². The third kappa shape index (κ3) is 3.78. The number of hydrogen-bond donors (Lipinski definition) is 1. The van der Waals surface area contributed by atoms with Crippen molar-refractivity contribution in [2.24, 2.45) is 5.92 Å². The van der Waals surface area contributed by atoms with Crippen LogP contribution in [0.25, 0.3) is 0 Å². The molecule has 1 nitrogen and oxygen atoms in total. The Morgan fingerprint density at radius 3 is 2.76 bits per heavy atom. The van der Waals surface area contributed by atoms with Gasteiger partial charge in [0, 0.05) is 17.1 Å². The van der Waals surface area contributed by atoms with E-state index in [-0.39, 0.29) is 5.82 Å². The topological polar surface area (TPSA) is 12.0 Å². The van der Waals surface area contributed by atoms with Crippen LogP contribution in [-0.2, 0) is 6.54 Å². The molecule has 3 heteroatoms. The zero-order valence-electron chi connectivity index (χ0n) is 10.2. The summed E-state index contributed by atoms with van der Waals surface area (Å²) in [6, 6.07) is 5.66. The lowest BCUT2D eigenvalue weighted by molar-refractivity contribution is 0.279. The Bertz CT molecular complexity index is 360. The number of rotatable bonds is 3. The van der Waals surface area contributed by atoms with E-state index in [1.54, 1.807) is 6.07 Å². The van der Waals surface area contributed by atoms with Crippen LogP contribution < -0.4 is 5.32 Å². The van der Waals surface area contributed by atoms with Gasteiger partial charge >= 0.3 is 0 Å². The summed E-state index contributed by atoms with van der Waals surface area (Å²) in [5, 5.41) is 3.55. The minimum absolute atomic E-state index is 0.173. The molecule has 0 heterocycles. The van der Waals surface area contributed by atoms with Crippen LogP contribution in [0.5, 0.6) is 0 Å². The molecule has 1 aromatic rings. The summed E-state index contributed by atoms with van der Waals surface area (Å²) in [5.74, 6) is 0.564. The van der Waals surface area contributed by atoms with E-state index in [9.17, 15) is 4.39 Å². The summed E-state index contributed by atoms with van der Waals surface area (Å²) < 4.78 is 14.0. The predicted octanol–water partition coefficient (Wildman–Crippen LogP) is 4.26. The van der Waals surface area contributed by atoms with Crippen molar-refractivity contribution < 1.29 is 4.39 Å². The van der Waals surface area contributed by atoms with Gasteiger partial charge in [-0.3, -0.25) is 0 Å². The van der Waals surface area contributed by atoms with Gasteiger partial charge in [-0.05, 0) is 42.5 Å². The van der Waals surface area contributed by atoms with E-state index in [1.165, 1.54) is 31.7 Å². The second-order valence-corrected chi connectivity index (χ2v) is 5.94. The van der Waals surface area contributed by atoms with Crippen LogP contribution in [0.15, 0.2) is 22.7 Å². The molecule has 0 radical (unpaired) electrons. The van der Waals surface area contributed by atoms with Gasteiger partial charge in [-0.2, -0.15) is 0 Å². The summed E-state index contributed by atoms with van der Waals surface area (Å²) in [7, 11) is 0. The highest BCUT2D eigenvalue weighted by molar-refractivity contribution is 9.10. The molecule has 1 N–H and O–H groups in total. The highest BCUT2D eigenvalue weighted by Gasteiger charge is 2.20. The summed E-state index contributed by atoms with van der Waals surface area (Å²) in [4.78, 5) is 0. The van der Waals surface area contributed by atoms with Crippen molar-refractivity contribution in [3.63, 3.8) is 0 Å². The number of hydrogen-bond acceptors (Lipinski definition) is 1. The van der Waals surface area contributed by atoms with Gasteiger partial charge in [-0.15, -0.1) is 0 Å². The molecule has 0 saturated heterocycles. The summed E-state index contributed by atoms with van der Waals surface area (Å²) in [5.41, 5.74) is 1.01. The van der Waals surface area contributed by atoms with Gasteiger partial charge in [0.15, 0.2) is 0 Å². The molecule has 1 aliphatic rings. The molecule has 0 aliphatic heterocycles. The summed E-state index contributed by atoms with van der Waals surface area (Å²) in [6.45, 7) is 3.06. The lowest BCUT2D eigenvalue weighted by atomic mass is 9.86. The van der Waals surface area contributed by atoms with Gasteiger partial charge in [-0.1, -0.05) is 35.7 Å². The smallest absolute Gasteiger partial charge is 0.124 e. The minimum Gasteiger partial charge on any atom is -0.310 e. The summed E-state index contributed by atoms with van der Waals surface area (Å²) >= 11 is 3.32. The van der Waals surface area contributed by atoms with Crippen LogP contribution in [-0.4, -0.2) is 6.04 Å². The molecule has 0 aromatic heterocycles. The van der Waals surface area contributed by atoms with E-state index in [4.69, 9.17) is 0 Å². The fourth-order valence-corrected chi connectivity index (χ4v) is 3.09. The van der Waals surface area contributed by atoms with Crippen LogP contribution in [0.2, 0.25) is 0 Å². The summed E-state index contributed by atoms with van der Waals surface area (Å²) in [6.07, 6.45) is 5.22. The molecule has 0 spiro atoms. The van der Waals surface area contributed by atoms with Crippen molar-refractivity contribution in [3.8, 4) is 0 Å². The van der Waals surface area contributed by atoms with Crippen molar-refractivity contribution in [2.75, 3.05) is 0 Å². The first-order valence-electron chi connectivity index (χ1n) is 6.33. The highest BCUT2D eigenvalue weighted by Crippen LogP contribution is 2.24. The second kappa shape index (κ2) is 5.96. The van der Waals surface area contributed by atoms with Gasteiger partial charge < -0.3 is 5.32 Å². The van der Waals surface area contributed by atoms with E-state index < -0.39 is 0 Å². The maximum atomic E-state index is 13.2. The molecule has 94 valence electrons. The third-order valence-corrected chi connectivity index (χ3v) is 4.06. The molecule has 1 aromatic carbocycles. The lowest BCUT2D eigenvalue weighted by Gasteiger charge is -2.29. The Labute approximate surface area is 111 Å². The number of benzene rings is 1. The fraction of sp³-hybridized carbons (Fsp3) is 0.571. The molecule has 0 bridgehead atoms. The van der Waals surface area contributed by atoms with Gasteiger partial charge in [0.25, 0.3) is 0 Å². The van der Waals surface area contributed by atoms with Crippen LogP contribution in [0, 0.1) is 11.7 Å². The maximum Gasteiger partial charge on any atom is 0.124 e. The van der Waals surface area contributed by atoms with E-state index in [2.05, 4.69) is 28.2 Å². The number of halogens is 2. The van der Waals surface area contributed by atoms with Gasteiger partial charge in [-0.25, -0.2) is 4.39 Å². The van der Waals surface area contributed by atoms with Crippen molar-refractivity contribution in [2.45, 2.75) is 45.2 Å². The SMILES string of the molecule is CC1CCCCC1NCc1cc(F)cc(Br)c1. The Morgan fingerprint density at radius 2 is 2.06 bits per heavy atom. The highest BCUT2D eigenvalue weighted by atomic mass is 79.9. The molecule has 0 amide bonds. The van der Waals surface area contributed by atoms with E-state index in [1.807, 2.05) is 6.07 Å². The van der Waals surface area contributed by atoms with Gasteiger partial charge in [0.2, 0.25) is 0 Å². The van der Waals surface area contributed by atoms with Gasteiger partial charge in [0.1, 0.15) is 5.82 Å². The van der Waals surface area contributed by atoms with Crippen molar-refractivity contribution >= 4 is 15.9 Å². The molecule has 1 fully saturated rings. The average molecular weight is 300 g/mol. The van der Waals surface area contributed by atoms with Crippen LogP contribution >= 0.6 is 15.9 Å². The predicted molar refractivity (Wildman–Crippen MR) is 72.4 cm³/mol. The first-order valence-corrected chi connectivity index (χ1v) is 7.13. The Kier molecular flexibility index (Phi) is 4.57. The van der Waals surface area contributed by atoms with Crippen molar-refractivity contribution in [1.82, 2.24) is 5.32 Å². The van der Waals surface area contributed by atoms with Crippen LogP contribution in [0.1, 0.15) is 38.2 Å². The zero-order valence-corrected chi connectivity index (χ0v) is 11.8. The molecule has 1 saturated carbocycles. The largest absolute Gasteiger partial charge is 0.310 e. The van der Waals surface area contributed by atoms with Gasteiger partial charge in [0.05, 0.1) is 0 Å². The molecular formula is C14H19BrFN. The standard InChI is InChI=1S/C14H19BrFN/c1-10-4-2-3-5-14(10)17-9-11-6-12(15)8-13(16)7-11/h6-8,10,14,17H,2-5,9H2,1H3.